The third kappa shape index (κ3) is 2.89. The minimum absolute atomic E-state index is 0.246. The van der Waals surface area contributed by atoms with E-state index in [1.54, 1.807) is 28.8 Å². The first-order valence-electron chi connectivity index (χ1n) is 9.23. The third-order valence-electron chi connectivity index (χ3n) is 5.24. The lowest BCUT2D eigenvalue weighted by Gasteiger charge is -2.31. The first-order valence-corrected chi connectivity index (χ1v) is 9.23. The van der Waals surface area contributed by atoms with Crippen molar-refractivity contribution in [2.24, 2.45) is 5.92 Å². The molecule has 3 aromatic rings. The van der Waals surface area contributed by atoms with Gasteiger partial charge in [0.2, 0.25) is 0 Å². The van der Waals surface area contributed by atoms with Crippen LogP contribution in [0.2, 0.25) is 0 Å². The number of fused-ring (bicyclic) bond motifs is 2. The molecule has 4 heterocycles. The number of hydrogen-bond donors (Lipinski definition) is 0. The molecule has 2 aromatic heterocycles. The van der Waals surface area contributed by atoms with Gasteiger partial charge in [0.05, 0.1) is 17.0 Å². The van der Waals surface area contributed by atoms with Crippen molar-refractivity contribution in [1.82, 2.24) is 24.9 Å². The zero-order chi connectivity index (χ0) is 20.0. The standard InChI is InChI=1S/C19H16N6O4/c26-17-13-3-1-2-4-14(13)18(27)25(17)29-19(28)12-7-9-23(10-8-12)16-6-5-15-21-20-11-24(15)22-16/h1-6,11-12H,7-10H2. The number of hydrogen-bond acceptors (Lipinski definition) is 8. The smallest absolute Gasteiger partial charge is 0.336 e. The first kappa shape index (κ1) is 17.3. The van der Waals surface area contributed by atoms with Crippen LogP contribution in [-0.4, -0.2) is 55.7 Å². The molecule has 0 spiro atoms. The number of nitrogens with zero attached hydrogens (tertiary/aromatic N) is 6. The molecule has 146 valence electrons. The van der Waals surface area contributed by atoms with Gasteiger partial charge >= 0.3 is 5.97 Å². The summed E-state index contributed by atoms with van der Waals surface area (Å²) in [4.78, 5) is 44.5. The molecule has 29 heavy (non-hydrogen) atoms. The Kier molecular flexibility index (Phi) is 3.97. The van der Waals surface area contributed by atoms with Gasteiger partial charge in [0.1, 0.15) is 12.1 Å². The minimum Gasteiger partial charge on any atom is -0.355 e. The van der Waals surface area contributed by atoms with Crippen LogP contribution in [-0.2, 0) is 9.63 Å². The first-order chi connectivity index (χ1) is 14.1. The van der Waals surface area contributed by atoms with Gasteiger partial charge in [0.25, 0.3) is 11.8 Å². The molecular formula is C19H16N6O4. The monoisotopic (exact) mass is 392 g/mol. The molecule has 1 fully saturated rings. The van der Waals surface area contributed by atoms with E-state index in [1.807, 2.05) is 12.1 Å². The highest BCUT2D eigenvalue weighted by Gasteiger charge is 2.40. The summed E-state index contributed by atoms with van der Waals surface area (Å²) >= 11 is 0. The Bertz CT molecular complexity index is 1100. The van der Waals surface area contributed by atoms with Gasteiger partial charge in [-0.3, -0.25) is 9.59 Å². The largest absolute Gasteiger partial charge is 0.355 e. The molecule has 1 saturated heterocycles. The lowest BCUT2D eigenvalue weighted by molar-refractivity contribution is -0.174. The quantitative estimate of drug-likeness (QED) is 0.610. The van der Waals surface area contributed by atoms with E-state index in [9.17, 15) is 14.4 Å². The van der Waals surface area contributed by atoms with Crippen LogP contribution in [0.1, 0.15) is 33.6 Å². The highest BCUT2D eigenvalue weighted by atomic mass is 16.7. The van der Waals surface area contributed by atoms with Gasteiger partial charge in [-0.25, -0.2) is 4.79 Å². The number of amides is 2. The van der Waals surface area contributed by atoms with Crippen molar-refractivity contribution in [2.75, 3.05) is 18.0 Å². The number of benzene rings is 1. The summed E-state index contributed by atoms with van der Waals surface area (Å²) < 4.78 is 1.60. The number of hydroxylamine groups is 2. The molecule has 0 aliphatic carbocycles. The van der Waals surface area contributed by atoms with Gasteiger partial charge in [-0.1, -0.05) is 17.2 Å². The Labute approximate surface area is 164 Å². The van der Waals surface area contributed by atoms with Crippen LogP contribution in [0.25, 0.3) is 5.65 Å². The number of imide groups is 1. The second-order valence-corrected chi connectivity index (χ2v) is 6.95. The summed E-state index contributed by atoms with van der Waals surface area (Å²) in [5, 5.41) is 12.8. The number of anilines is 1. The minimum atomic E-state index is -0.608. The lowest BCUT2D eigenvalue weighted by atomic mass is 9.97. The number of carbonyl (C=O) groups excluding carboxylic acids is 3. The Morgan fingerprint density at radius 3 is 2.38 bits per heavy atom. The van der Waals surface area contributed by atoms with Crippen molar-refractivity contribution in [3.05, 3.63) is 53.9 Å². The molecule has 1 aromatic carbocycles. The second-order valence-electron chi connectivity index (χ2n) is 6.95. The highest BCUT2D eigenvalue weighted by Crippen LogP contribution is 2.26. The molecule has 0 atom stereocenters. The predicted octanol–water partition coefficient (Wildman–Crippen LogP) is 1.10. The topological polar surface area (TPSA) is 110 Å². The van der Waals surface area contributed by atoms with Crippen molar-refractivity contribution in [2.45, 2.75) is 12.8 Å². The van der Waals surface area contributed by atoms with Gasteiger partial charge in [0, 0.05) is 13.1 Å². The normalized spacial score (nSPS) is 17.1. The SMILES string of the molecule is O=C(ON1C(=O)c2ccccc2C1=O)C1CCN(c2ccc3nncn3n2)CC1. The molecule has 0 bridgehead atoms. The average molecular weight is 392 g/mol. The van der Waals surface area contributed by atoms with E-state index in [1.165, 1.54) is 6.33 Å². The molecule has 0 saturated carbocycles. The van der Waals surface area contributed by atoms with Crippen LogP contribution in [0.5, 0.6) is 0 Å². The average Bonchev–Trinajstić information content (AvgIpc) is 3.32. The summed E-state index contributed by atoms with van der Waals surface area (Å²) in [6, 6.07) is 10.1. The lowest BCUT2D eigenvalue weighted by Crippen LogP contribution is -2.40. The summed E-state index contributed by atoms with van der Waals surface area (Å²) in [7, 11) is 0. The van der Waals surface area contributed by atoms with Crippen LogP contribution in [0.15, 0.2) is 42.7 Å². The Hall–Kier alpha value is -3.82. The van der Waals surface area contributed by atoms with E-state index in [2.05, 4.69) is 20.2 Å². The molecule has 2 amide bonds. The van der Waals surface area contributed by atoms with Crippen molar-refractivity contribution in [1.29, 1.82) is 0 Å². The van der Waals surface area contributed by atoms with Crippen molar-refractivity contribution in [3.8, 4) is 0 Å². The molecule has 0 radical (unpaired) electrons. The third-order valence-corrected chi connectivity index (χ3v) is 5.24. The molecule has 10 nitrogen and oxygen atoms in total. The molecule has 10 heteroatoms. The van der Waals surface area contributed by atoms with Crippen LogP contribution in [0.3, 0.4) is 0 Å². The Morgan fingerprint density at radius 2 is 1.69 bits per heavy atom. The van der Waals surface area contributed by atoms with E-state index in [0.29, 0.717) is 36.6 Å². The van der Waals surface area contributed by atoms with Crippen LogP contribution in [0, 0.1) is 5.92 Å². The zero-order valence-electron chi connectivity index (χ0n) is 15.3. The fraction of sp³-hybridized carbons (Fsp3) is 0.263. The number of carbonyl (C=O) groups is 3. The van der Waals surface area contributed by atoms with Gasteiger partial charge in [-0.2, -0.15) is 4.52 Å². The molecule has 5 rings (SSSR count). The molecular weight excluding hydrogens is 376 g/mol. The van der Waals surface area contributed by atoms with E-state index < -0.39 is 23.7 Å². The van der Waals surface area contributed by atoms with Crippen molar-refractivity contribution in [3.63, 3.8) is 0 Å². The maximum atomic E-state index is 12.6. The van der Waals surface area contributed by atoms with Crippen LogP contribution < -0.4 is 4.90 Å². The summed E-state index contributed by atoms with van der Waals surface area (Å²) in [6.07, 6.45) is 2.60. The summed E-state index contributed by atoms with van der Waals surface area (Å²) in [6.45, 7) is 1.20. The summed E-state index contributed by atoms with van der Waals surface area (Å²) in [5.41, 5.74) is 1.15. The summed E-state index contributed by atoms with van der Waals surface area (Å²) in [5.74, 6) is -1.41. The van der Waals surface area contributed by atoms with Gasteiger partial charge < -0.3 is 9.74 Å². The number of aromatic nitrogens is 4. The highest BCUT2D eigenvalue weighted by molar-refractivity contribution is 6.20. The molecule has 2 aliphatic rings. The Balaban J connectivity index is 1.23. The fourth-order valence-corrected chi connectivity index (χ4v) is 3.65. The zero-order valence-corrected chi connectivity index (χ0v) is 15.3. The maximum absolute atomic E-state index is 12.6. The van der Waals surface area contributed by atoms with E-state index in [0.717, 1.165) is 5.82 Å². The van der Waals surface area contributed by atoms with E-state index >= 15 is 0 Å². The van der Waals surface area contributed by atoms with Gasteiger partial charge in [-0.05, 0) is 37.1 Å². The predicted molar refractivity (Wildman–Crippen MR) is 98.8 cm³/mol. The van der Waals surface area contributed by atoms with Crippen molar-refractivity contribution < 1.29 is 19.2 Å². The van der Waals surface area contributed by atoms with Crippen LogP contribution in [0.4, 0.5) is 5.82 Å². The van der Waals surface area contributed by atoms with Gasteiger partial charge in [-0.15, -0.1) is 15.3 Å². The molecule has 0 unspecified atom stereocenters. The Morgan fingerprint density at radius 1 is 1.00 bits per heavy atom. The van der Waals surface area contributed by atoms with Crippen molar-refractivity contribution >= 4 is 29.2 Å². The second kappa shape index (κ2) is 6.66. The molecule has 0 N–H and O–H groups in total. The van der Waals surface area contributed by atoms with Gasteiger partial charge in [0.15, 0.2) is 5.65 Å². The van der Waals surface area contributed by atoms with Crippen LogP contribution >= 0.6 is 0 Å². The number of rotatable bonds is 3. The van der Waals surface area contributed by atoms with E-state index in [-0.39, 0.29) is 11.1 Å². The van der Waals surface area contributed by atoms with E-state index in [4.69, 9.17) is 4.84 Å². The maximum Gasteiger partial charge on any atom is 0.336 e. The number of piperidine rings is 1. The molecule has 2 aliphatic heterocycles. The fourth-order valence-electron chi connectivity index (χ4n) is 3.65.